The molecule has 1 heterocycles. The van der Waals surface area contributed by atoms with Gasteiger partial charge in [-0.1, -0.05) is 41.4 Å². The van der Waals surface area contributed by atoms with Crippen molar-refractivity contribution in [3.63, 3.8) is 0 Å². The lowest BCUT2D eigenvalue weighted by Crippen LogP contribution is -2.01. The number of rotatable bonds is 3. The number of carbonyl (C=O) groups excluding carboxylic acids is 1. The zero-order chi connectivity index (χ0) is 12.5. The van der Waals surface area contributed by atoms with Crippen LogP contribution in [-0.2, 0) is 11.5 Å². The first-order valence-electron chi connectivity index (χ1n) is 4.83. The summed E-state index contributed by atoms with van der Waals surface area (Å²) in [5.74, 6) is 0.188. The molecule has 0 fully saturated rings. The average Bonchev–Trinajstić information content (AvgIpc) is 2.84. The minimum Gasteiger partial charge on any atom is -0.294 e. The molecule has 1 aromatic heterocycles. The monoisotopic (exact) mass is 252 g/mol. The van der Waals surface area contributed by atoms with E-state index in [2.05, 4.69) is 5.04 Å². The van der Waals surface area contributed by atoms with Gasteiger partial charge in [0.25, 0.3) is 0 Å². The summed E-state index contributed by atoms with van der Waals surface area (Å²) >= 11 is 1.63. The number of hydrogen-bond donors (Lipinski definition) is 2. The predicted octanol–water partition coefficient (Wildman–Crippen LogP) is 3.12. The van der Waals surface area contributed by atoms with Crippen LogP contribution in [-0.4, -0.2) is 16.3 Å². The minimum absolute atomic E-state index is 0.188. The van der Waals surface area contributed by atoms with Crippen molar-refractivity contribution in [1.29, 1.82) is 0 Å². The van der Waals surface area contributed by atoms with Gasteiger partial charge in [-0.2, -0.15) is 0 Å². The first-order valence-corrected chi connectivity index (χ1v) is 5.71. The van der Waals surface area contributed by atoms with Crippen LogP contribution < -0.4 is 0 Å². The fraction of sp³-hybridized carbons (Fsp3) is 0.0833. The van der Waals surface area contributed by atoms with Gasteiger partial charge in [0, 0.05) is 16.9 Å². The van der Waals surface area contributed by atoms with Gasteiger partial charge in [-0.25, -0.2) is 10.5 Å². The van der Waals surface area contributed by atoms with Gasteiger partial charge in [0.15, 0.2) is 5.78 Å². The van der Waals surface area contributed by atoms with Crippen molar-refractivity contribution in [3.8, 4) is 0 Å². The third-order valence-electron chi connectivity index (χ3n) is 2.01. The second-order valence-electron chi connectivity index (χ2n) is 3.13. The van der Waals surface area contributed by atoms with Gasteiger partial charge < -0.3 is 0 Å². The van der Waals surface area contributed by atoms with Gasteiger partial charge in [0.05, 0.1) is 0 Å². The van der Waals surface area contributed by atoms with Gasteiger partial charge in [-0.05, 0) is 11.4 Å². The first-order chi connectivity index (χ1) is 8.27. The summed E-state index contributed by atoms with van der Waals surface area (Å²) in [6, 6.07) is 13.4. The lowest BCUT2D eigenvalue weighted by Gasteiger charge is -1.97. The van der Waals surface area contributed by atoms with Gasteiger partial charge in [0.2, 0.25) is 0 Å². The highest BCUT2D eigenvalue weighted by Crippen LogP contribution is 2.12. The number of thiophene rings is 1. The van der Waals surface area contributed by atoms with Crippen LogP contribution in [0.5, 0.6) is 0 Å². The molecule has 0 amide bonds. The summed E-state index contributed by atoms with van der Waals surface area (Å²) in [7, 11) is 0. The molecule has 0 radical (unpaired) electrons. The average molecular weight is 252 g/mol. The second kappa shape index (κ2) is 7.70. The molecule has 0 bridgehead atoms. The summed E-state index contributed by atoms with van der Waals surface area (Å²) in [5, 5.41) is 17.5. The van der Waals surface area contributed by atoms with E-state index in [9.17, 15) is 4.79 Å². The number of benzene rings is 1. The Kier molecular flexibility index (Phi) is 6.13. The molecule has 0 saturated heterocycles. The smallest absolute Gasteiger partial charge is 0.168 e. The van der Waals surface area contributed by atoms with Crippen molar-refractivity contribution < 1.29 is 20.3 Å². The summed E-state index contributed by atoms with van der Waals surface area (Å²) in [5.41, 5.74) is 0.792. The Morgan fingerprint density at radius 3 is 2.29 bits per heavy atom. The minimum atomic E-state index is 0.188. The maximum absolute atomic E-state index is 11.7. The number of ketones is 1. The van der Waals surface area contributed by atoms with Crippen molar-refractivity contribution in [1.82, 2.24) is 0 Å². The largest absolute Gasteiger partial charge is 0.294 e. The van der Waals surface area contributed by atoms with E-state index in [0.29, 0.717) is 6.42 Å². The van der Waals surface area contributed by atoms with E-state index in [-0.39, 0.29) is 5.78 Å². The number of Topliss-reactive ketones (excluding diaryl/α,β-unsaturated/α-hetero) is 1. The number of carbonyl (C=O) groups is 1. The molecular weight excluding hydrogens is 240 g/mol. The summed E-state index contributed by atoms with van der Waals surface area (Å²) in [6.07, 6.45) is 0.516. The summed E-state index contributed by atoms with van der Waals surface area (Å²) in [6.45, 7) is 0. The van der Waals surface area contributed by atoms with Gasteiger partial charge in [-0.3, -0.25) is 4.79 Å². The van der Waals surface area contributed by atoms with Crippen molar-refractivity contribution in [2.24, 2.45) is 0 Å². The Labute approximate surface area is 103 Å². The van der Waals surface area contributed by atoms with E-state index in [4.69, 9.17) is 10.5 Å². The number of hydrogen-bond acceptors (Lipinski definition) is 5. The second-order valence-corrected chi connectivity index (χ2v) is 4.16. The van der Waals surface area contributed by atoms with E-state index in [1.54, 1.807) is 11.3 Å². The molecule has 0 aliphatic heterocycles. The van der Waals surface area contributed by atoms with Gasteiger partial charge in [0.1, 0.15) is 0 Å². The normalized spacial score (nSPS) is 9.29. The fourth-order valence-corrected chi connectivity index (χ4v) is 2.00. The van der Waals surface area contributed by atoms with Crippen LogP contribution in [0.2, 0.25) is 0 Å². The maximum atomic E-state index is 11.7. The molecule has 90 valence electrons. The van der Waals surface area contributed by atoms with E-state index in [1.165, 1.54) is 0 Å². The quantitative estimate of drug-likeness (QED) is 0.500. The van der Waals surface area contributed by atoms with Crippen molar-refractivity contribution >= 4 is 17.1 Å². The highest BCUT2D eigenvalue weighted by atomic mass is 32.1. The van der Waals surface area contributed by atoms with Crippen molar-refractivity contribution in [2.75, 3.05) is 0 Å². The van der Waals surface area contributed by atoms with E-state index >= 15 is 0 Å². The summed E-state index contributed by atoms with van der Waals surface area (Å²) in [4.78, 5) is 12.8. The maximum Gasteiger partial charge on any atom is 0.168 e. The van der Waals surface area contributed by atoms with E-state index in [0.717, 1.165) is 10.4 Å². The highest BCUT2D eigenvalue weighted by Gasteiger charge is 2.06. The molecule has 0 atom stereocenters. The fourth-order valence-electron chi connectivity index (χ4n) is 1.30. The van der Waals surface area contributed by atoms with Crippen LogP contribution in [0.25, 0.3) is 0 Å². The van der Waals surface area contributed by atoms with E-state index < -0.39 is 0 Å². The molecule has 0 aliphatic rings. The standard InChI is InChI=1S/C12H10OS.H2O3/c13-12(9-11-7-4-8-14-11)10-5-2-1-3-6-10;1-3-2/h1-8H,9H2;1-2H. The zero-order valence-electron chi connectivity index (χ0n) is 8.95. The topological polar surface area (TPSA) is 66.8 Å². The molecule has 4 nitrogen and oxygen atoms in total. The molecule has 1 aromatic carbocycles. The molecule has 0 aliphatic carbocycles. The van der Waals surface area contributed by atoms with Crippen molar-refractivity contribution in [3.05, 3.63) is 58.3 Å². The SMILES string of the molecule is O=C(Cc1cccs1)c1ccccc1.OOO. The molecule has 2 N–H and O–H groups in total. The highest BCUT2D eigenvalue weighted by molar-refractivity contribution is 7.10. The Balaban J connectivity index is 0.000000437. The Hall–Kier alpha value is -1.53. The lowest BCUT2D eigenvalue weighted by atomic mass is 10.1. The zero-order valence-corrected chi connectivity index (χ0v) is 9.76. The van der Waals surface area contributed by atoms with Crippen LogP contribution in [0.1, 0.15) is 15.2 Å². The molecular formula is C12H12O4S. The molecule has 2 aromatic rings. The molecule has 0 saturated carbocycles. The van der Waals surface area contributed by atoms with Crippen LogP contribution in [0.4, 0.5) is 0 Å². The van der Waals surface area contributed by atoms with Crippen LogP contribution in [0, 0.1) is 0 Å². The van der Waals surface area contributed by atoms with Gasteiger partial charge in [-0.15, -0.1) is 11.3 Å². The Morgan fingerprint density at radius 2 is 1.76 bits per heavy atom. The van der Waals surface area contributed by atoms with Crippen LogP contribution in [0.3, 0.4) is 0 Å². The van der Waals surface area contributed by atoms with E-state index in [1.807, 2.05) is 47.8 Å². The first kappa shape index (κ1) is 13.5. The molecule has 0 spiro atoms. The third-order valence-corrected chi connectivity index (χ3v) is 2.89. The Bertz CT molecular complexity index is 425. The molecule has 0 unspecified atom stereocenters. The van der Waals surface area contributed by atoms with Crippen molar-refractivity contribution in [2.45, 2.75) is 6.42 Å². The lowest BCUT2D eigenvalue weighted by molar-refractivity contribution is -0.465. The van der Waals surface area contributed by atoms with Crippen LogP contribution >= 0.6 is 11.3 Å². The molecule has 17 heavy (non-hydrogen) atoms. The Morgan fingerprint density at radius 1 is 1.12 bits per heavy atom. The van der Waals surface area contributed by atoms with Gasteiger partial charge >= 0.3 is 0 Å². The summed E-state index contributed by atoms with van der Waals surface area (Å²) < 4.78 is 0. The third kappa shape index (κ3) is 4.88. The predicted molar refractivity (Wildman–Crippen MR) is 65.1 cm³/mol. The van der Waals surface area contributed by atoms with Crippen LogP contribution in [0.15, 0.2) is 47.8 Å². The molecule has 5 heteroatoms. The molecule has 2 rings (SSSR count).